The Kier molecular flexibility index (Phi) is 12.7. The van der Waals surface area contributed by atoms with Crippen LogP contribution in [0, 0.1) is 5.92 Å². The summed E-state index contributed by atoms with van der Waals surface area (Å²) in [7, 11) is 1.56. The Labute approximate surface area is 280 Å². The van der Waals surface area contributed by atoms with E-state index in [1.54, 1.807) is 67.5 Å². The zero-order valence-corrected chi connectivity index (χ0v) is 27.9. The summed E-state index contributed by atoms with van der Waals surface area (Å²) in [6, 6.07) is 11.2. The highest BCUT2D eigenvalue weighted by molar-refractivity contribution is 5.99. The molecule has 5 N–H and O–H groups in total. The lowest BCUT2D eigenvalue weighted by molar-refractivity contribution is -0.132. The van der Waals surface area contributed by atoms with Gasteiger partial charge in [0.05, 0.1) is 18.9 Å². The third-order valence-corrected chi connectivity index (χ3v) is 8.54. The van der Waals surface area contributed by atoms with Crippen molar-refractivity contribution in [3.05, 3.63) is 83.2 Å². The lowest BCUT2D eigenvalue weighted by Crippen LogP contribution is -2.58. The van der Waals surface area contributed by atoms with Crippen molar-refractivity contribution in [2.45, 2.75) is 71.1 Å². The predicted molar refractivity (Wildman–Crippen MR) is 179 cm³/mol. The molecule has 4 atom stereocenters. The quantitative estimate of drug-likeness (QED) is 0.253. The summed E-state index contributed by atoms with van der Waals surface area (Å²) in [4.78, 5) is 68.7. The fourth-order valence-corrected chi connectivity index (χ4v) is 5.35. The number of hydrogen-bond acceptors (Lipinski definition) is 7. The number of fused-ring (bicyclic) bond motifs is 18. The topological polar surface area (TPSA) is 175 Å². The lowest BCUT2D eigenvalue weighted by Gasteiger charge is -2.27. The molecule has 0 radical (unpaired) electrons. The van der Waals surface area contributed by atoms with Crippen LogP contribution in [0.4, 0.5) is 0 Å². The van der Waals surface area contributed by atoms with E-state index in [9.17, 15) is 24.0 Å². The van der Waals surface area contributed by atoms with Gasteiger partial charge in [-0.1, -0.05) is 44.5 Å². The molecule has 5 rings (SSSR count). The molecule has 2 aliphatic heterocycles. The summed E-state index contributed by atoms with van der Waals surface area (Å²) in [5, 5.41) is 17.9. The van der Waals surface area contributed by atoms with Crippen LogP contribution in [0.15, 0.2) is 60.9 Å². The van der Waals surface area contributed by atoms with E-state index in [0.717, 1.165) is 11.1 Å². The molecular formula is C35H45N7O6. The fraction of sp³-hybridized carbons (Fsp3) is 0.429. The number of hydrogen-bond donors (Lipinski definition) is 5. The van der Waals surface area contributed by atoms with E-state index in [1.165, 1.54) is 12.4 Å². The maximum absolute atomic E-state index is 13.8. The Bertz CT molecular complexity index is 1540. The van der Waals surface area contributed by atoms with E-state index in [1.807, 2.05) is 13.8 Å². The Hall–Kier alpha value is -5.20. The van der Waals surface area contributed by atoms with Gasteiger partial charge in [0.2, 0.25) is 17.7 Å². The van der Waals surface area contributed by atoms with E-state index in [-0.39, 0.29) is 24.2 Å². The van der Waals surface area contributed by atoms with Crippen molar-refractivity contribution in [1.29, 1.82) is 0 Å². The molecule has 0 saturated heterocycles. The number of nitrogens with zero attached hydrogens (tertiary/aromatic N) is 2. The minimum Gasteiger partial charge on any atom is -0.497 e. The highest BCUT2D eigenvalue weighted by atomic mass is 16.5. The van der Waals surface area contributed by atoms with Gasteiger partial charge < -0.3 is 30.9 Å². The van der Waals surface area contributed by atoms with Crippen molar-refractivity contribution in [3.63, 3.8) is 0 Å². The standard InChI is InChI=1S/C35H45N7O6/c1-5-22(2)30-34(46)40-29(18-24-10-14-28(48-4)15-11-24)33(45)39-23(3)31(43)36-16-6-7-17-42(35(47)27-19-37-38-20-27)21-25-8-12-26(13-9-25)32(44)41-30/h8-15,19-20,22-23,29-30H,5-7,16-18,21H2,1-4H3,(H,36,43)(H,37,38)(H,39,45)(H,40,46)(H,41,44)/t22-,23+,29-,30?/m0/s1. The molecule has 2 aliphatic rings. The zero-order valence-electron chi connectivity index (χ0n) is 27.9. The van der Waals surface area contributed by atoms with Gasteiger partial charge in [0.15, 0.2) is 0 Å². The van der Waals surface area contributed by atoms with Gasteiger partial charge in [-0.2, -0.15) is 5.10 Å². The molecule has 3 aromatic rings. The van der Waals surface area contributed by atoms with Crippen LogP contribution in [0.3, 0.4) is 0 Å². The summed E-state index contributed by atoms with van der Waals surface area (Å²) in [5.74, 6) is -1.68. The summed E-state index contributed by atoms with van der Waals surface area (Å²) >= 11 is 0. The van der Waals surface area contributed by atoms with Crippen molar-refractivity contribution < 1.29 is 28.7 Å². The largest absolute Gasteiger partial charge is 0.497 e. The zero-order chi connectivity index (χ0) is 34.6. The molecular weight excluding hydrogens is 614 g/mol. The average molecular weight is 660 g/mol. The first-order chi connectivity index (χ1) is 23.1. The molecule has 0 spiro atoms. The van der Waals surface area contributed by atoms with Crippen molar-refractivity contribution in [2.24, 2.45) is 5.92 Å². The van der Waals surface area contributed by atoms with Crippen LogP contribution in [0.5, 0.6) is 5.75 Å². The van der Waals surface area contributed by atoms with Crippen molar-refractivity contribution >= 4 is 29.5 Å². The van der Waals surface area contributed by atoms with Crippen molar-refractivity contribution in [3.8, 4) is 5.75 Å². The fourth-order valence-electron chi connectivity index (χ4n) is 5.35. The first kappa shape index (κ1) is 35.7. The number of ether oxygens (including phenoxy) is 1. The number of H-pyrrole nitrogens is 1. The Morgan fingerprint density at radius 3 is 2.33 bits per heavy atom. The van der Waals surface area contributed by atoms with Crippen molar-refractivity contribution in [1.82, 2.24) is 36.4 Å². The van der Waals surface area contributed by atoms with Gasteiger partial charge in [-0.05, 0) is 61.1 Å². The van der Waals surface area contributed by atoms with Gasteiger partial charge in [-0.3, -0.25) is 29.1 Å². The van der Waals surface area contributed by atoms with Crippen LogP contribution in [0.25, 0.3) is 0 Å². The average Bonchev–Trinajstić information content (AvgIpc) is 3.64. The molecule has 1 unspecified atom stereocenters. The number of carbonyl (C=O) groups excluding carboxylic acids is 5. The Morgan fingerprint density at radius 1 is 0.958 bits per heavy atom. The molecule has 2 aromatic carbocycles. The van der Waals surface area contributed by atoms with Gasteiger partial charge in [-0.25, -0.2) is 0 Å². The maximum Gasteiger partial charge on any atom is 0.257 e. The third-order valence-electron chi connectivity index (χ3n) is 8.54. The van der Waals surface area contributed by atoms with Gasteiger partial charge >= 0.3 is 0 Å². The second-order valence-corrected chi connectivity index (χ2v) is 12.1. The van der Waals surface area contributed by atoms with Crippen LogP contribution in [-0.2, 0) is 27.3 Å². The highest BCUT2D eigenvalue weighted by Crippen LogP contribution is 2.16. The summed E-state index contributed by atoms with van der Waals surface area (Å²) in [6.07, 6.45) is 4.94. The molecule has 0 aliphatic carbocycles. The first-order valence-electron chi connectivity index (χ1n) is 16.3. The smallest absolute Gasteiger partial charge is 0.257 e. The molecule has 48 heavy (non-hydrogen) atoms. The van der Waals surface area contributed by atoms with Crippen molar-refractivity contribution in [2.75, 3.05) is 20.2 Å². The van der Waals surface area contributed by atoms with Gasteiger partial charge in [0.1, 0.15) is 23.9 Å². The number of amides is 5. The third kappa shape index (κ3) is 9.66. The second-order valence-electron chi connectivity index (χ2n) is 12.1. The van der Waals surface area contributed by atoms with Gasteiger partial charge in [0.25, 0.3) is 11.8 Å². The van der Waals surface area contributed by atoms with E-state index in [0.29, 0.717) is 55.8 Å². The monoisotopic (exact) mass is 659 g/mol. The van der Waals surface area contributed by atoms with E-state index >= 15 is 0 Å². The second kappa shape index (κ2) is 17.1. The number of aromatic amines is 1. The molecule has 1 aromatic heterocycles. The Morgan fingerprint density at radius 2 is 1.69 bits per heavy atom. The number of benzene rings is 2. The number of nitrogens with one attached hydrogen (secondary N) is 5. The molecule has 5 amide bonds. The van der Waals surface area contributed by atoms with Crippen LogP contribution < -0.4 is 26.0 Å². The maximum atomic E-state index is 13.8. The lowest BCUT2D eigenvalue weighted by atomic mass is 9.96. The van der Waals surface area contributed by atoms with Crippen LogP contribution in [0.1, 0.15) is 71.9 Å². The minimum absolute atomic E-state index is 0.145. The number of rotatable bonds is 6. The predicted octanol–water partition coefficient (Wildman–Crippen LogP) is 2.35. The van der Waals surface area contributed by atoms with Gasteiger partial charge in [-0.15, -0.1) is 0 Å². The van der Waals surface area contributed by atoms with E-state index in [4.69, 9.17) is 4.74 Å². The number of carbonyl (C=O) groups is 5. The molecule has 13 nitrogen and oxygen atoms in total. The van der Waals surface area contributed by atoms with Crippen LogP contribution in [0.2, 0.25) is 0 Å². The molecule has 0 saturated carbocycles. The summed E-state index contributed by atoms with van der Waals surface area (Å²) in [5.41, 5.74) is 2.36. The number of methoxy groups -OCH3 is 1. The summed E-state index contributed by atoms with van der Waals surface area (Å²) in [6.45, 7) is 6.41. The molecule has 13 heteroatoms. The minimum atomic E-state index is -1.03. The molecule has 256 valence electrons. The first-order valence-corrected chi connectivity index (χ1v) is 16.3. The van der Waals surface area contributed by atoms with Crippen LogP contribution in [-0.4, -0.2) is 83.0 Å². The summed E-state index contributed by atoms with van der Waals surface area (Å²) < 4.78 is 5.24. The van der Waals surface area contributed by atoms with E-state index < -0.39 is 35.8 Å². The normalized spacial score (nSPS) is 20.8. The molecule has 2 bridgehead atoms. The molecule has 0 fully saturated rings. The Balaban J connectivity index is 1.60. The molecule has 3 heterocycles. The number of aromatic nitrogens is 2. The SMILES string of the molecule is CC[C@H](C)C1NC(=O)c2ccc(cc2)CN(C(=O)c2cn[nH]c2)CCCCNC(=O)[C@@H](C)NC(=O)[C@H](Cc2ccc(OC)cc2)NC1=O. The highest BCUT2D eigenvalue weighted by Gasteiger charge is 2.31. The van der Waals surface area contributed by atoms with Crippen LogP contribution >= 0.6 is 0 Å². The van der Waals surface area contributed by atoms with Gasteiger partial charge in [0, 0.05) is 37.8 Å². The van der Waals surface area contributed by atoms with E-state index in [2.05, 4.69) is 31.5 Å².